The summed E-state index contributed by atoms with van der Waals surface area (Å²) < 4.78 is 15.4. The lowest BCUT2D eigenvalue weighted by Crippen LogP contribution is -2.21. The van der Waals surface area contributed by atoms with Gasteiger partial charge in [-0.3, -0.25) is 9.59 Å². The molecule has 2 amide bonds. The van der Waals surface area contributed by atoms with Crippen LogP contribution in [-0.2, 0) is 4.79 Å². The van der Waals surface area contributed by atoms with Crippen molar-refractivity contribution in [1.82, 2.24) is 5.43 Å². The van der Waals surface area contributed by atoms with E-state index in [4.69, 9.17) is 14.2 Å². The van der Waals surface area contributed by atoms with Gasteiger partial charge in [0.1, 0.15) is 5.75 Å². The number of carbonyl (C=O) groups excluding carboxylic acids is 2. The van der Waals surface area contributed by atoms with Crippen LogP contribution in [0, 0.1) is 0 Å². The minimum Gasteiger partial charge on any atom is -0.497 e. The van der Waals surface area contributed by atoms with Gasteiger partial charge in [-0.05, 0) is 49.4 Å². The van der Waals surface area contributed by atoms with Crippen molar-refractivity contribution in [3.05, 3.63) is 48.0 Å². The number of carbonyl (C=O) groups is 2. The summed E-state index contributed by atoms with van der Waals surface area (Å²) in [5.74, 6) is 1.000. The lowest BCUT2D eigenvalue weighted by atomic mass is 10.2. The Morgan fingerprint density at radius 2 is 1.61 bits per heavy atom. The highest BCUT2D eigenvalue weighted by molar-refractivity contribution is 6.06. The third-order valence-electron chi connectivity index (χ3n) is 3.78. The predicted molar refractivity (Wildman–Crippen MR) is 106 cm³/mol. The van der Waals surface area contributed by atoms with Gasteiger partial charge < -0.3 is 19.5 Å². The number of benzene rings is 2. The Morgan fingerprint density at radius 3 is 2.21 bits per heavy atom. The molecule has 0 saturated heterocycles. The Hall–Kier alpha value is -3.55. The number of nitrogens with zero attached hydrogens (tertiary/aromatic N) is 1. The second-order valence-corrected chi connectivity index (χ2v) is 5.81. The maximum atomic E-state index is 12.2. The fourth-order valence-corrected chi connectivity index (χ4v) is 2.34. The average molecular weight is 385 g/mol. The Balaban J connectivity index is 1.92. The fourth-order valence-electron chi connectivity index (χ4n) is 2.34. The van der Waals surface area contributed by atoms with Crippen molar-refractivity contribution in [2.45, 2.75) is 13.3 Å². The number of nitrogens with one attached hydrogen (secondary N) is 2. The molecule has 0 spiro atoms. The molecule has 0 bridgehead atoms. The number of hydrogen-bond acceptors (Lipinski definition) is 6. The summed E-state index contributed by atoms with van der Waals surface area (Å²) in [6.45, 7) is 1.66. The number of methoxy groups -OCH3 is 3. The van der Waals surface area contributed by atoms with Crippen LogP contribution in [0.25, 0.3) is 0 Å². The third kappa shape index (κ3) is 5.73. The number of rotatable bonds is 8. The molecule has 0 aliphatic heterocycles. The van der Waals surface area contributed by atoms with Gasteiger partial charge in [-0.1, -0.05) is 0 Å². The van der Waals surface area contributed by atoms with Crippen LogP contribution in [0.1, 0.15) is 23.7 Å². The Labute approximate surface area is 163 Å². The summed E-state index contributed by atoms with van der Waals surface area (Å²) in [6.07, 6.45) is 0.0399. The molecule has 0 aliphatic carbocycles. The maximum Gasteiger partial charge on any atom is 0.271 e. The monoisotopic (exact) mass is 385 g/mol. The van der Waals surface area contributed by atoms with Crippen molar-refractivity contribution < 1.29 is 23.8 Å². The van der Waals surface area contributed by atoms with Gasteiger partial charge in [0.15, 0.2) is 11.5 Å². The van der Waals surface area contributed by atoms with E-state index in [1.54, 1.807) is 56.5 Å². The number of anilines is 1. The van der Waals surface area contributed by atoms with Crippen molar-refractivity contribution in [1.29, 1.82) is 0 Å². The summed E-state index contributed by atoms with van der Waals surface area (Å²) in [7, 11) is 4.58. The van der Waals surface area contributed by atoms with Crippen molar-refractivity contribution >= 4 is 23.2 Å². The molecule has 0 radical (unpaired) electrons. The Kier molecular flexibility index (Phi) is 7.38. The zero-order chi connectivity index (χ0) is 20.5. The minimum atomic E-state index is -0.420. The highest BCUT2D eigenvalue weighted by atomic mass is 16.5. The van der Waals surface area contributed by atoms with Crippen LogP contribution >= 0.6 is 0 Å². The molecule has 0 aliphatic rings. The molecule has 8 heteroatoms. The largest absolute Gasteiger partial charge is 0.497 e. The van der Waals surface area contributed by atoms with Crippen LogP contribution < -0.4 is 25.0 Å². The molecule has 2 N–H and O–H groups in total. The van der Waals surface area contributed by atoms with Crippen LogP contribution in [0.3, 0.4) is 0 Å². The van der Waals surface area contributed by atoms with Gasteiger partial charge in [-0.15, -0.1) is 0 Å². The van der Waals surface area contributed by atoms with E-state index in [2.05, 4.69) is 15.8 Å². The van der Waals surface area contributed by atoms with E-state index in [9.17, 15) is 9.59 Å². The zero-order valence-corrected chi connectivity index (χ0v) is 16.2. The van der Waals surface area contributed by atoms with Gasteiger partial charge in [-0.25, -0.2) is 5.43 Å². The molecule has 2 rings (SSSR count). The highest BCUT2D eigenvalue weighted by Gasteiger charge is 2.11. The van der Waals surface area contributed by atoms with Gasteiger partial charge in [0.25, 0.3) is 5.91 Å². The first kappa shape index (κ1) is 20.8. The standard InChI is InChI=1S/C20H23N3O5/c1-13(11-19(24)21-15-6-8-16(26-2)9-7-15)22-23-20(25)14-5-10-17(27-3)18(12-14)28-4/h5-10,12H,11H2,1-4H3,(H,21,24)(H,23,25). The molecule has 0 unspecified atom stereocenters. The normalized spacial score (nSPS) is 10.8. The summed E-state index contributed by atoms with van der Waals surface area (Å²) in [6, 6.07) is 11.8. The summed E-state index contributed by atoms with van der Waals surface area (Å²) in [5, 5.41) is 6.72. The highest BCUT2D eigenvalue weighted by Crippen LogP contribution is 2.27. The number of ether oxygens (including phenoxy) is 3. The van der Waals surface area contributed by atoms with Crippen LogP contribution in [0.4, 0.5) is 5.69 Å². The number of hydrogen-bond donors (Lipinski definition) is 2. The van der Waals surface area contributed by atoms with Crippen LogP contribution in [0.5, 0.6) is 17.2 Å². The summed E-state index contributed by atoms with van der Waals surface area (Å²) in [5.41, 5.74) is 3.89. The molecular weight excluding hydrogens is 362 g/mol. The quantitative estimate of drug-likeness (QED) is 0.538. The Morgan fingerprint density at radius 1 is 0.929 bits per heavy atom. The first-order chi connectivity index (χ1) is 13.5. The van der Waals surface area contributed by atoms with E-state index in [0.29, 0.717) is 34.2 Å². The van der Waals surface area contributed by atoms with Crippen LogP contribution in [0.2, 0.25) is 0 Å². The molecule has 8 nitrogen and oxygen atoms in total. The van der Waals surface area contributed by atoms with Crippen molar-refractivity contribution in [3.8, 4) is 17.2 Å². The molecule has 148 valence electrons. The molecule has 28 heavy (non-hydrogen) atoms. The molecule has 0 fully saturated rings. The lowest BCUT2D eigenvalue weighted by molar-refractivity contribution is -0.115. The molecule has 2 aromatic rings. The molecule has 0 saturated carbocycles. The first-order valence-corrected chi connectivity index (χ1v) is 8.46. The van der Waals surface area contributed by atoms with Crippen LogP contribution in [0.15, 0.2) is 47.6 Å². The van der Waals surface area contributed by atoms with Crippen LogP contribution in [-0.4, -0.2) is 38.9 Å². The fraction of sp³-hybridized carbons (Fsp3) is 0.250. The van der Waals surface area contributed by atoms with Crippen molar-refractivity contribution in [2.75, 3.05) is 26.6 Å². The molecule has 0 heterocycles. The molecular formula is C20H23N3O5. The van der Waals surface area contributed by atoms with E-state index >= 15 is 0 Å². The van der Waals surface area contributed by atoms with Gasteiger partial charge in [0.2, 0.25) is 5.91 Å². The SMILES string of the molecule is COc1ccc(NC(=O)CC(C)=NNC(=O)c2ccc(OC)c(OC)c2)cc1. The zero-order valence-electron chi connectivity index (χ0n) is 16.2. The summed E-state index contributed by atoms with van der Waals surface area (Å²) >= 11 is 0. The lowest BCUT2D eigenvalue weighted by Gasteiger charge is -2.09. The van der Waals surface area contributed by atoms with Gasteiger partial charge >= 0.3 is 0 Å². The molecule has 0 aromatic heterocycles. The van der Waals surface area contributed by atoms with E-state index < -0.39 is 5.91 Å². The van der Waals surface area contributed by atoms with E-state index in [1.807, 2.05) is 0 Å². The van der Waals surface area contributed by atoms with Gasteiger partial charge in [0.05, 0.1) is 27.8 Å². The van der Waals surface area contributed by atoms with E-state index in [-0.39, 0.29) is 12.3 Å². The first-order valence-electron chi connectivity index (χ1n) is 8.46. The average Bonchev–Trinajstić information content (AvgIpc) is 2.71. The molecule has 2 aromatic carbocycles. The van der Waals surface area contributed by atoms with Crippen molar-refractivity contribution in [3.63, 3.8) is 0 Å². The van der Waals surface area contributed by atoms with Crippen molar-refractivity contribution in [2.24, 2.45) is 5.10 Å². The smallest absolute Gasteiger partial charge is 0.271 e. The van der Waals surface area contributed by atoms with Gasteiger partial charge in [-0.2, -0.15) is 5.10 Å². The van der Waals surface area contributed by atoms with E-state index in [1.165, 1.54) is 14.2 Å². The number of amides is 2. The minimum absolute atomic E-state index is 0.0399. The second kappa shape index (κ2) is 9.96. The van der Waals surface area contributed by atoms with Gasteiger partial charge in [0, 0.05) is 17.0 Å². The topological polar surface area (TPSA) is 98.2 Å². The predicted octanol–water partition coefficient (Wildman–Crippen LogP) is 2.85. The number of hydrazone groups is 1. The third-order valence-corrected chi connectivity index (χ3v) is 3.78. The second-order valence-electron chi connectivity index (χ2n) is 5.81. The maximum absolute atomic E-state index is 12.2. The Bertz CT molecular complexity index is 863. The summed E-state index contributed by atoms with van der Waals surface area (Å²) in [4.78, 5) is 24.3. The van der Waals surface area contributed by atoms with E-state index in [0.717, 1.165) is 0 Å². The molecule has 0 atom stereocenters.